The zero-order valence-electron chi connectivity index (χ0n) is 25.6. The Labute approximate surface area is 274 Å². The molecule has 4 heterocycles. The lowest BCUT2D eigenvalue weighted by atomic mass is 10.1. The summed E-state index contributed by atoms with van der Waals surface area (Å²) >= 11 is 0. The molecule has 0 bridgehead atoms. The quantitative estimate of drug-likeness (QED) is 0.197. The Morgan fingerprint density at radius 1 is 0.479 bits per heavy atom. The lowest BCUT2D eigenvalue weighted by Crippen LogP contribution is -2.03. The molecule has 10 aromatic rings. The molecule has 0 unspecified atom stereocenters. The number of nitrogens with zero attached hydrogens (tertiary/aromatic N) is 5. The van der Waals surface area contributed by atoms with Gasteiger partial charge in [-0.3, -0.25) is 0 Å². The summed E-state index contributed by atoms with van der Waals surface area (Å²) in [6.07, 6.45) is 1.75. The first-order chi connectivity index (χ1) is 23.8. The molecular formula is C42H25N5O. The van der Waals surface area contributed by atoms with E-state index in [2.05, 4.69) is 88.4 Å². The van der Waals surface area contributed by atoms with Crippen LogP contribution in [0.25, 0.3) is 94.5 Å². The van der Waals surface area contributed by atoms with Gasteiger partial charge in [0, 0.05) is 39.0 Å². The van der Waals surface area contributed by atoms with E-state index in [1.54, 1.807) is 6.20 Å². The van der Waals surface area contributed by atoms with Crippen LogP contribution in [0.2, 0.25) is 0 Å². The molecule has 0 N–H and O–H groups in total. The van der Waals surface area contributed by atoms with Crippen LogP contribution in [-0.4, -0.2) is 24.5 Å². The van der Waals surface area contributed by atoms with Crippen LogP contribution >= 0.6 is 0 Å². The van der Waals surface area contributed by atoms with Crippen molar-refractivity contribution in [1.82, 2.24) is 24.5 Å². The average molecular weight is 616 g/mol. The van der Waals surface area contributed by atoms with Crippen LogP contribution in [0.3, 0.4) is 0 Å². The van der Waals surface area contributed by atoms with Gasteiger partial charge in [0.25, 0.3) is 0 Å². The number of aromatic nitrogens is 5. The van der Waals surface area contributed by atoms with Crippen molar-refractivity contribution in [3.8, 4) is 39.9 Å². The Morgan fingerprint density at radius 3 is 2.02 bits per heavy atom. The van der Waals surface area contributed by atoms with Crippen molar-refractivity contribution < 1.29 is 4.42 Å². The zero-order chi connectivity index (χ0) is 31.6. The maximum Gasteiger partial charge on any atom is 0.228 e. The molecular weight excluding hydrogens is 590 g/mol. The van der Waals surface area contributed by atoms with E-state index in [4.69, 9.17) is 19.4 Å². The van der Waals surface area contributed by atoms with Gasteiger partial charge in [-0.2, -0.15) is 0 Å². The van der Waals surface area contributed by atoms with Gasteiger partial charge >= 0.3 is 0 Å². The molecule has 0 aliphatic carbocycles. The fraction of sp³-hybridized carbons (Fsp3) is 0. The van der Waals surface area contributed by atoms with E-state index < -0.39 is 0 Å². The van der Waals surface area contributed by atoms with E-state index in [-0.39, 0.29) is 0 Å². The summed E-state index contributed by atoms with van der Waals surface area (Å²) < 4.78 is 8.48. The Kier molecular flexibility index (Phi) is 5.77. The summed E-state index contributed by atoms with van der Waals surface area (Å²) in [5, 5.41) is 6.65. The molecule has 10 rings (SSSR count). The molecule has 0 aliphatic heterocycles. The minimum absolute atomic E-state index is 0.551. The van der Waals surface area contributed by atoms with Gasteiger partial charge in [-0.25, -0.2) is 19.9 Å². The summed E-state index contributed by atoms with van der Waals surface area (Å²) in [7, 11) is 0. The summed E-state index contributed by atoms with van der Waals surface area (Å²) in [6.45, 7) is 0. The highest BCUT2D eigenvalue weighted by atomic mass is 16.3. The van der Waals surface area contributed by atoms with Crippen LogP contribution in [0.4, 0.5) is 0 Å². The molecule has 0 fully saturated rings. The number of rotatable bonds is 4. The topological polar surface area (TPSA) is 69.6 Å². The molecule has 0 atom stereocenters. The second-order valence-electron chi connectivity index (χ2n) is 11.9. The Hall–Kier alpha value is -6.66. The van der Waals surface area contributed by atoms with Gasteiger partial charge in [-0.1, -0.05) is 103 Å². The van der Waals surface area contributed by atoms with Crippen LogP contribution in [0, 0.1) is 0 Å². The number of benzene rings is 6. The third-order valence-electron chi connectivity index (χ3n) is 9.11. The number of fused-ring (bicyclic) bond motifs is 7. The van der Waals surface area contributed by atoms with E-state index in [1.807, 2.05) is 66.7 Å². The standard InChI is InChI=1S/C42H25N5O/c1-2-12-26(13-3-1)39-44-40(46-41(45-39)32-22-23-43-42-38(32)31-18-8-11-21-37(31)48-42)30-17-7-10-20-35(30)47-34-19-9-6-16-29(34)33-24-27-14-4-5-15-28(27)25-36(33)47/h1-25H. The average Bonchev–Trinajstić information content (AvgIpc) is 3.69. The van der Waals surface area contributed by atoms with E-state index in [1.165, 1.54) is 21.5 Å². The predicted octanol–water partition coefficient (Wildman–Crippen LogP) is 10.4. The van der Waals surface area contributed by atoms with Gasteiger partial charge in [0.15, 0.2) is 17.5 Å². The highest BCUT2D eigenvalue weighted by Gasteiger charge is 2.21. The van der Waals surface area contributed by atoms with Crippen molar-refractivity contribution in [1.29, 1.82) is 0 Å². The Balaban J connectivity index is 1.27. The lowest BCUT2D eigenvalue weighted by Gasteiger charge is -2.15. The van der Waals surface area contributed by atoms with E-state index >= 15 is 0 Å². The highest BCUT2D eigenvalue weighted by Crippen LogP contribution is 2.39. The van der Waals surface area contributed by atoms with Gasteiger partial charge in [0.05, 0.1) is 22.1 Å². The van der Waals surface area contributed by atoms with Gasteiger partial charge in [0.2, 0.25) is 5.71 Å². The smallest absolute Gasteiger partial charge is 0.228 e. The molecule has 0 saturated heterocycles. The summed E-state index contributed by atoms with van der Waals surface area (Å²) in [5.41, 5.74) is 7.20. The normalized spacial score (nSPS) is 11.8. The third kappa shape index (κ3) is 4.06. The van der Waals surface area contributed by atoms with Gasteiger partial charge < -0.3 is 8.98 Å². The first-order valence-corrected chi connectivity index (χ1v) is 15.9. The van der Waals surface area contributed by atoms with Crippen LogP contribution in [0.1, 0.15) is 0 Å². The van der Waals surface area contributed by atoms with Gasteiger partial charge in [-0.15, -0.1) is 0 Å². The molecule has 0 spiro atoms. The Bertz CT molecular complexity index is 2850. The van der Waals surface area contributed by atoms with Crippen LogP contribution in [0.15, 0.2) is 156 Å². The van der Waals surface area contributed by atoms with Crippen molar-refractivity contribution in [2.75, 3.05) is 0 Å². The van der Waals surface area contributed by atoms with E-state index in [0.717, 1.165) is 49.8 Å². The zero-order valence-corrected chi connectivity index (χ0v) is 25.6. The maximum absolute atomic E-state index is 6.14. The molecule has 6 heteroatoms. The molecule has 48 heavy (non-hydrogen) atoms. The minimum atomic E-state index is 0.551. The van der Waals surface area contributed by atoms with Crippen molar-refractivity contribution in [2.45, 2.75) is 0 Å². The molecule has 0 radical (unpaired) electrons. The van der Waals surface area contributed by atoms with E-state index in [9.17, 15) is 0 Å². The van der Waals surface area contributed by atoms with Crippen LogP contribution in [-0.2, 0) is 0 Å². The SMILES string of the molecule is c1ccc(-c2nc(-c3ccccc3-n3c4ccccc4c4cc5ccccc5cc43)nc(-c3ccnc4oc5ccccc5c34)n2)cc1. The summed E-state index contributed by atoms with van der Waals surface area (Å²) in [5.74, 6) is 1.73. The molecule has 224 valence electrons. The van der Waals surface area contributed by atoms with Crippen molar-refractivity contribution in [3.05, 3.63) is 152 Å². The van der Waals surface area contributed by atoms with Crippen molar-refractivity contribution in [3.63, 3.8) is 0 Å². The summed E-state index contributed by atoms with van der Waals surface area (Å²) in [6, 6.07) is 50.1. The first kappa shape index (κ1) is 26.5. The summed E-state index contributed by atoms with van der Waals surface area (Å²) in [4.78, 5) is 20.0. The fourth-order valence-electron chi connectivity index (χ4n) is 6.94. The molecule has 4 aromatic heterocycles. The first-order valence-electron chi connectivity index (χ1n) is 15.9. The van der Waals surface area contributed by atoms with E-state index in [0.29, 0.717) is 23.2 Å². The molecule has 6 aromatic carbocycles. The molecule has 0 amide bonds. The predicted molar refractivity (Wildman–Crippen MR) is 193 cm³/mol. The number of furan rings is 1. The second kappa shape index (κ2) is 10.4. The number of hydrogen-bond acceptors (Lipinski definition) is 5. The van der Waals surface area contributed by atoms with Crippen molar-refractivity contribution >= 4 is 54.6 Å². The molecule has 0 saturated carbocycles. The number of para-hydroxylation sites is 3. The molecule has 0 aliphatic rings. The van der Waals surface area contributed by atoms with Crippen LogP contribution < -0.4 is 0 Å². The maximum atomic E-state index is 6.14. The van der Waals surface area contributed by atoms with Crippen LogP contribution in [0.5, 0.6) is 0 Å². The fourth-order valence-corrected chi connectivity index (χ4v) is 6.94. The molecule has 6 nitrogen and oxygen atoms in total. The van der Waals surface area contributed by atoms with Gasteiger partial charge in [0.1, 0.15) is 5.58 Å². The minimum Gasteiger partial charge on any atom is -0.438 e. The van der Waals surface area contributed by atoms with Crippen molar-refractivity contribution in [2.24, 2.45) is 0 Å². The number of pyridine rings is 1. The number of hydrogen-bond donors (Lipinski definition) is 0. The monoisotopic (exact) mass is 615 g/mol. The lowest BCUT2D eigenvalue weighted by molar-refractivity contribution is 0.654. The van der Waals surface area contributed by atoms with Gasteiger partial charge in [-0.05, 0) is 53.2 Å². The Morgan fingerprint density at radius 2 is 1.15 bits per heavy atom. The largest absolute Gasteiger partial charge is 0.438 e. The third-order valence-corrected chi connectivity index (χ3v) is 9.11. The second-order valence-corrected chi connectivity index (χ2v) is 11.9. The highest BCUT2D eigenvalue weighted by molar-refractivity contribution is 6.14.